The molecule has 2 aromatic carbocycles. The van der Waals surface area contributed by atoms with Crippen LogP contribution in [0.25, 0.3) is 10.2 Å². The predicted octanol–water partition coefficient (Wildman–Crippen LogP) is 2.30. The maximum atomic E-state index is 12.7. The van der Waals surface area contributed by atoms with Crippen molar-refractivity contribution in [3.05, 3.63) is 52.5 Å². The molecule has 1 N–H and O–H groups in total. The summed E-state index contributed by atoms with van der Waals surface area (Å²) in [5, 5.41) is 0.954. The molecule has 1 amide bonds. The van der Waals surface area contributed by atoms with Gasteiger partial charge in [-0.05, 0) is 36.8 Å². The SMILES string of the molecule is COc1cc(C)c(C[NH+](C)CC(=O)N(C)Cc2nc3ccccc3s2)cc1OC. The number of amides is 1. The zero-order valence-electron chi connectivity index (χ0n) is 17.6. The second-order valence-electron chi connectivity index (χ2n) is 7.27. The van der Waals surface area contributed by atoms with E-state index in [1.165, 1.54) is 0 Å². The fraction of sp³-hybridized carbons (Fsp3) is 0.364. The van der Waals surface area contributed by atoms with Crippen LogP contribution in [0.5, 0.6) is 11.5 Å². The lowest BCUT2D eigenvalue weighted by molar-refractivity contribution is -0.885. The molecule has 1 atom stereocenters. The van der Waals surface area contributed by atoms with Crippen molar-refractivity contribution >= 4 is 27.5 Å². The molecule has 0 saturated heterocycles. The molecule has 0 aliphatic heterocycles. The van der Waals surface area contributed by atoms with Crippen LogP contribution in [0.4, 0.5) is 0 Å². The number of hydrogen-bond donors (Lipinski definition) is 1. The number of hydrogen-bond acceptors (Lipinski definition) is 5. The van der Waals surface area contributed by atoms with Crippen LogP contribution in [0, 0.1) is 6.92 Å². The molecule has 0 spiro atoms. The number of rotatable bonds is 8. The fourth-order valence-electron chi connectivity index (χ4n) is 3.27. The van der Waals surface area contributed by atoms with E-state index in [0.717, 1.165) is 43.5 Å². The van der Waals surface area contributed by atoms with E-state index in [-0.39, 0.29) is 5.91 Å². The first-order valence-electron chi connectivity index (χ1n) is 9.52. The molecule has 0 saturated carbocycles. The highest BCUT2D eigenvalue weighted by Crippen LogP contribution is 2.30. The Hall–Kier alpha value is -2.64. The molecule has 6 nitrogen and oxygen atoms in total. The van der Waals surface area contributed by atoms with E-state index in [9.17, 15) is 4.79 Å². The molecule has 0 bridgehead atoms. The van der Waals surface area contributed by atoms with Crippen molar-refractivity contribution < 1.29 is 19.2 Å². The second kappa shape index (κ2) is 9.24. The molecule has 0 fully saturated rings. The third-order valence-electron chi connectivity index (χ3n) is 4.92. The van der Waals surface area contributed by atoms with Crippen molar-refractivity contribution in [1.82, 2.24) is 9.88 Å². The van der Waals surface area contributed by atoms with Crippen LogP contribution in [0.15, 0.2) is 36.4 Å². The number of benzene rings is 2. The van der Waals surface area contributed by atoms with Crippen molar-refractivity contribution in [1.29, 1.82) is 0 Å². The van der Waals surface area contributed by atoms with Gasteiger partial charge in [-0.25, -0.2) is 4.98 Å². The van der Waals surface area contributed by atoms with Gasteiger partial charge in [0.2, 0.25) is 0 Å². The van der Waals surface area contributed by atoms with Crippen LogP contribution < -0.4 is 14.4 Å². The summed E-state index contributed by atoms with van der Waals surface area (Å²) in [6, 6.07) is 12.0. The number of para-hydroxylation sites is 1. The lowest BCUT2D eigenvalue weighted by atomic mass is 10.1. The van der Waals surface area contributed by atoms with Gasteiger partial charge in [-0.3, -0.25) is 4.79 Å². The number of fused-ring (bicyclic) bond motifs is 1. The van der Waals surface area contributed by atoms with Gasteiger partial charge in [-0.15, -0.1) is 11.3 Å². The molecule has 0 aliphatic rings. The highest BCUT2D eigenvalue weighted by molar-refractivity contribution is 7.18. The van der Waals surface area contributed by atoms with Crippen LogP contribution >= 0.6 is 11.3 Å². The summed E-state index contributed by atoms with van der Waals surface area (Å²) in [5.74, 6) is 1.53. The van der Waals surface area contributed by atoms with E-state index in [4.69, 9.17) is 9.47 Å². The number of aromatic nitrogens is 1. The summed E-state index contributed by atoms with van der Waals surface area (Å²) >= 11 is 1.64. The van der Waals surface area contributed by atoms with Crippen LogP contribution in [-0.4, -0.2) is 50.7 Å². The highest BCUT2D eigenvalue weighted by atomic mass is 32.1. The number of carbonyl (C=O) groups excluding carboxylic acids is 1. The van der Waals surface area contributed by atoms with E-state index < -0.39 is 0 Å². The van der Waals surface area contributed by atoms with Crippen LogP contribution in [0.3, 0.4) is 0 Å². The molecule has 29 heavy (non-hydrogen) atoms. The monoisotopic (exact) mass is 414 g/mol. The Morgan fingerprint density at radius 2 is 1.86 bits per heavy atom. The molecule has 1 unspecified atom stereocenters. The number of ether oxygens (including phenoxy) is 2. The molecule has 0 radical (unpaired) electrons. The van der Waals surface area contributed by atoms with Crippen molar-refractivity contribution in [2.24, 2.45) is 0 Å². The maximum Gasteiger partial charge on any atom is 0.277 e. The largest absolute Gasteiger partial charge is 0.493 e. The first kappa shape index (κ1) is 21.1. The van der Waals surface area contributed by atoms with Gasteiger partial charge in [0.25, 0.3) is 5.91 Å². The summed E-state index contributed by atoms with van der Waals surface area (Å²) in [6.45, 7) is 3.72. The van der Waals surface area contributed by atoms with Crippen LogP contribution in [0.1, 0.15) is 16.1 Å². The highest BCUT2D eigenvalue weighted by Gasteiger charge is 2.18. The normalized spacial score (nSPS) is 12.0. The summed E-state index contributed by atoms with van der Waals surface area (Å²) in [7, 11) is 7.13. The Labute approximate surface area is 175 Å². The average molecular weight is 415 g/mol. The molecule has 3 rings (SSSR count). The fourth-order valence-corrected chi connectivity index (χ4v) is 4.29. The lowest BCUT2D eigenvalue weighted by Gasteiger charge is -2.20. The number of methoxy groups -OCH3 is 2. The van der Waals surface area contributed by atoms with E-state index in [0.29, 0.717) is 18.8 Å². The third-order valence-corrected chi connectivity index (χ3v) is 5.94. The molecule has 1 heterocycles. The Morgan fingerprint density at radius 3 is 2.55 bits per heavy atom. The smallest absolute Gasteiger partial charge is 0.277 e. The zero-order chi connectivity index (χ0) is 21.0. The van der Waals surface area contributed by atoms with Gasteiger partial charge in [0, 0.05) is 12.6 Å². The summed E-state index contributed by atoms with van der Waals surface area (Å²) in [6.07, 6.45) is 0. The lowest BCUT2D eigenvalue weighted by Crippen LogP contribution is -3.08. The summed E-state index contributed by atoms with van der Waals surface area (Å²) in [4.78, 5) is 20.2. The van der Waals surface area contributed by atoms with Gasteiger partial charge in [0.05, 0.1) is 38.0 Å². The minimum absolute atomic E-state index is 0.0971. The Morgan fingerprint density at radius 1 is 1.17 bits per heavy atom. The van der Waals surface area contributed by atoms with Crippen LogP contribution in [-0.2, 0) is 17.9 Å². The maximum absolute atomic E-state index is 12.7. The van der Waals surface area contributed by atoms with Crippen molar-refractivity contribution in [3.8, 4) is 11.5 Å². The number of nitrogens with zero attached hydrogens (tertiary/aromatic N) is 2. The average Bonchev–Trinajstić information content (AvgIpc) is 3.11. The van der Waals surface area contributed by atoms with Gasteiger partial charge >= 0.3 is 0 Å². The quantitative estimate of drug-likeness (QED) is 0.615. The molecule has 3 aromatic rings. The van der Waals surface area contributed by atoms with Gasteiger partial charge in [0.1, 0.15) is 11.6 Å². The van der Waals surface area contributed by atoms with Crippen molar-refractivity contribution in [2.45, 2.75) is 20.0 Å². The zero-order valence-corrected chi connectivity index (χ0v) is 18.4. The minimum atomic E-state index is 0.0971. The first-order chi connectivity index (χ1) is 13.9. The topological polar surface area (TPSA) is 56.1 Å². The minimum Gasteiger partial charge on any atom is -0.493 e. The molecule has 154 valence electrons. The second-order valence-corrected chi connectivity index (χ2v) is 8.38. The molecular weight excluding hydrogens is 386 g/mol. The Bertz CT molecular complexity index is 969. The van der Waals surface area contributed by atoms with E-state index in [2.05, 4.69) is 11.1 Å². The molecular formula is C22H28N3O3S+. The van der Waals surface area contributed by atoms with Crippen molar-refractivity contribution in [2.75, 3.05) is 34.9 Å². The number of likely N-dealkylation sites (N-methyl/N-ethyl adjacent to an activating group) is 2. The number of thiazole rings is 1. The Kier molecular flexibility index (Phi) is 6.71. The number of nitrogens with one attached hydrogen (secondary N) is 1. The van der Waals surface area contributed by atoms with Gasteiger partial charge in [-0.1, -0.05) is 12.1 Å². The number of aryl methyl sites for hydroxylation is 1. The number of quaternary nitrogens is 1. The first-order valence-corrected chi connectivity index (χ1v) is 10.3. The summed E-state index contributed by atoms with van der Waals surface area (Å²) < 4.78 is 11.9. The molecule has 1 aromatic heterocycles. The van der Waals surface area contributed by atoms with Gasteiger partial charge < -0.3 is 19.3 Å². The standard InChI is InChI=1S/C22H27N3O3S/c1-15-10-18(27-4)19(28-5)11-16(15)12-24(2)14-22(26)25(3)13-21-23-17-8-6-7-9-20(17)29-21/h6-11H,12-14H2,1-5H3/p+1. The van der Waals surface area contributed by atoms with Gasteiger partial charge in [0.15, 0.2) is 18.0 Å². The van der Waals surface area contributed by atoms with Crippen LogP contribution in [0.2, 0.25) is 0 Å². The predicted molar refractivity (Wildman–Crippen MR) is 116 cm³/mol. The van der Waals surface area contributed by atoms with E-state index in [1.54, 1.807) is 30.5 Å². The van der Waals surface area contributed by atoms with E-state index in [1.807, 2.05) is 51.4 Å². The Balaban J connectivity index is 1.61. The van der Waals surface area contributed by atoms with Crippen molar-refractivity contribution in [3.63, 3.8) is 0 Å². The van der Waals surface area contributed by atoms with Gasteiger partial charge in [-0.2, -0.15) is 0 Å². The molecule has 7 heteroatoms. The molecule has 0 aliphatic carbocycles. The number of carbonyl (C=O) groups is 1. The third kappa shape index (κ3) is 5.05. The summed E-state index contributed by atoms with van der Waals surface area (Å²) in [5.41, 5.74) is 3.25. The van der Waals surface area contributed by atoms with E-state index >= 15 is 0 Å².